The molecule has 0 saturated carbocycles. The summed E-state index contributed by atoms with van der Waals surface area (Å²) in [7, 11) is 0. The van der Waals surface area contributed by atoms with E-state index in [0.717, 1.165) is 12.4 Å². The number of nitrogens with zero attached hydrogens (tertiary/aromatic N) is 3. The number of imidazole rings is 1. The minimum Gasteiger partial charge on any atom is -0.472 e. The van der Waals surface area contributed by atoms with Gasteiger partial charge in [0.2, 0.25) is 5.91 Å². The average Bonchev–Trinajstić information content (AvgIpc) is 3.36. The molecule has 2 N–H and O–H groups in total. The Morgan fingerprint density at radius 1 is 1.38 bits per heavy atom. The van der Waals surface area contributed by atoms with Crippen molar-refractivity contribution in [1.82, 2.24) is 25.1 Å². The van der Waals surface area contributed by atoms with E-state index >= 15 is 0 Å². The van der Waals surface area contributed by atoms with Gasteiger partial charge < -0.3 is 19.6 Å². The summed E-state index contributed by atoms with van der Waals surface area (Å²) in [4.78, 5) is 31.3. The number of nitrogens with one attached hydrogen (secondary N) is 2. The standard InChI is InChI=1S/C18H25N5O3/c1-3-19-18(25)15-9-14(21-17(24)13-5-8-26-12-13)10-23(15)11-16-20-6-7-22(16)4-2/h5-8,12,14-15H,3-4,9-11H2,1-2H3,(H,19,25)(H,21,24)/t14-,15-/m0/s1. The monoisotopic (exact) mass is 359 g/mol. The molecule has 1 fully saturated rings. The van der Waals surface area contributed by atoms with Crippen molar-refractivity contribution in [1.29, 1.82) is 0 Å². The minimum atomic E-state index is -0.286. The molecule has 8 nitrogen and oxygen atoms in total. The fourth-order valence-corrected chi connectivity index (χ4v) is 3.37. The third-order valence-corrected chi connectivity index (χ3v) is 4.66. The summed E-state index contributed by atoms with van der Waals surface area (Å²) in [6.45, 7) is 6.54. The largest absolute Gasteiger partial charge is 0.472 e. The number of amides is 2. The maximum absolute atomic E-state index is 12.5. The first-order chi connectivity index (χ1) is 12.6. The first-order valence-electron chi connectivity index (χ1n) is 8.97. The second-order valence-electron chi connectivity index (χ2n) is 6.39. The molecule has 2 aromatic heterocycles. The maximum atomic E-state index is 12.5. The van der Waals surface area contributed by atoms with Crippen molar-refractivity contribution in [3.63, 3.8) is 0 Å². The zero-order chi connectivity index (χ0) is 18.5. The van der Waals surface area contributed by atoms with E-state index in [9.17, 15) is 9.59 Å². The molecule has 0 aromatic carbocycles. The maximum Gasteiger partial charge on any atom is 0.254 e. The van der Waals surface area contributed by atoms with Crippen molar-refractivity contribution in [2.24, 2.45) is 0 Å². The first kappa shape index (κ1) is 18.2. The summed E-state index contributed by atoms with van der Waals surface area (Å²) in [6.07, 6.45) is 7.17. The molecular weight excluding hydrogens is 334 g/mol. The highest BCUT2D eigenvalue weighted by molar-refractivity contribution is 5.94. The normalized spacial score (nSPS) is 20.2. The highest BCUT2D eigenvalue weighted by Crippen LogP contribution is 2.21. The van der Waals surface area contributed by atoms with Crippen molar-refractivity contribution in [2.75, 3.05) is 13.1 Å². The van der Waals surface area contributed by atoms with Gasteiger partial charge >= 0.3 is 0 Å². The van der Waals surface area contributed by atoms with Crippen LogP contribution in [0.3, 0.4) is 0 Å². The Bertz CT molecular complexity index is 740. The Hall–Kier alpha value is -2.61. The molecule has 2 atom stereocenters. The molecule has 0 spiro atoms. The lowest BCUT2D eigenvalue weighted by molar-refractivity contribution is -0.125. The van der Waals surface area contributed by atoms with E-state index in [-0.39, 0.29) is 23.9 Å². The highest BCUT2D eigenvalue weighted by Gasteiger charge is 2.37. The van der Waals surface area contributed by atoms with Crippen molar-refractivity contribution >= 4 is 11.8 Å². The van der Waals surface area contributed by atoms with Crippen LogP contribution in [0.25, 0.3) is 0 Å². The first-order valence-corrected chi connectivity index (χ1v) is 8.97. The lowest BCUT2D eigenvalue weighted by atomic mass is 10.1. The number of furan rings is 1. The van der Waals surface area contributed by atoms with Gasteiger partial charge in [0.25, 0.3) is 5.91 Å². The lowest BCUT2D eigenvalue weighted by Crippen LogP contribution is -2.43. The number of likely N-dealkylation sites (N-methyl/N-ethyl adjacent to an activating group) is 1. The van der Waals surface area contributed by atoms with Crippen LogP contribution in [0.5, 0.6) is 0 Å². The summed E-state index contributed by atoms with van der Waals surface area (Å²) in [5.74, 6) is 0.723. The van der Waals surface area contributed by atoms with E-state index in [1.807, 2.05) is 13.1 Å². The van der Waals surface area contributed by atoms with E-state index in [4.69, 9.17) is 4.42 Å². The number of carbonyl (C=O) groups excluding carboxylic acids is 2. The van der Waals surface area contributed by atoms with Crippen LogP contribution in [0.1, 0.15) is 36.5 Å². The van der Waals surface area contributed by atoms with Crippen LogP contribution in [-0.2, 0) is 17.9 Å². The second kappa shape index (κ2) is 8.18. The van der Waals surface area contributed by atoms with Gasteiger partial charge in [-0.2, -0.15) is 0 Å². The average molecular weight is 359 g/mol. The molecule has 2 aromatic rings. The Kier molecular flexibility index (Phi) is 5.72. The van der Waals surface area contributed by atoms with E-state index in [1.165, 1.54) is 12.5 Å². The number of hydrogen-bond acceptors (Lipinski definition) is 5. The number of likely N-dealkylation sites (tertiary alicyclic amines) is 1. The number of rotatable bonds is 7. The Balaban J connectivity index is 1.70. The van der Waals surface area contributed by atoms with Gasteiger partial charge in [-0.3, -0.25) is 14.5 Å². The molecule has 1 aliphatic heterocycles. The molecule has 3 heterocycles. The van der Waals surface area contributed by atoms with E-state index < -0.39 is 0 Å². The van der Waals surface area contributed by atoms with Crippen molar-refractivity contribution in [3.05, 3.63) is 42.4 Å². The molecule has 1 aliphatic rings. The fraction of sp³-hybridized carbons (Fsp3) is 0.500. The van der Waals surface area contributed by atoms with Crippen LogP contribution in [0.4, 0.5) is 0 Å². The van der Waals surface area contributed by atoms with Gasteiger partial charge in [-0.05, 0) is 26.3 Å². The van der Waals surface area contributed by atoms with Gasteiger partial charge in [0.05, 0.1) is 24.4 Å². The summed E-state index contributed by atoms with van der Waals surface area (Å²) in [6, 6.07) is 1.24. The lowest BCUT2D eigenvalue weighted by Gasteiger charge is -2.23. The van der Waals surface area contributed by atoms with Crippen LogP contribution >= 0.6 is 0 Å². The number of carbonyl (C=O) groups is 2. The predicted molar refractivity (Wildman–Crippen MR) is 95.4 cm³/mol. The Morgan fingerprint density at radius 2 is 2.23 bits per heavy atom. The fourth-order valence-electron chi connectivity index (χ4n) is 3.37. The number of aromatic nitrogens is 2. The molecular formula is C18H25N5O3. The van der Waals surface area contributed by atoms with E-state index in [1.54, 1.807) is 12.3 Å². The van der Waals surface area contributed by atoms with E-state index in [0.29, 0.717) is 31.6 Å². The molecule has 0 unspecified atom stereocenters. The third kappa shape index (κ3) is 3.96. The van der Waals surface area contributed by atoms with Crippen molar-refractivity contribution < 1.29 is 14.0 Å². The van der Waals surface area contributed by atoms with Gasteiger partial charge in [0, 0.05) is 38.1 Å². The van der Waals surface area contributed by atoms with Gasteiger partial charge in [-0.1, -0.05) is 0 Å². The van der Waals surface area contributed by atoms with Crippen LogP contribution in [0.2, 0.25) is 0 Å². The molecule has 0 bridgehead atoms. The van der Waals surface area contributed by atoms with Crippen LogP contribution in [0.15, 0.2) is 35.4 Å². The molecule has 26 heavy (non-hydrogen) atoms. The molecule has 0 radical (unpaired) electrons. The molecule has 140 valence electrons. The molecule has 3 rings (SSSR count). The molecule has 8 heteroatoms. The minimum absolute atomic E-state index is 0.0119. The summed E-state index contributed by atoms with van der Waals surface area (Å²) in [5.41, 5.74) is 0.486. The van der Waals surface area contributed by atoms with Crippen molar-refractivity contribution in [3.8, 4) is 0 Å². The summed E-state index contributed by atoms with van der Waals surface area (Å²) >= 11 is 0. The highest BCUT2D eigenvalue weighted by atomic mass is 16.3. The van der Waals surface area contributed by atoms with Gasteiger partial charge in [0.15, 0.2) is 0 Å². The third-order valence-electron chi connectivity index (χ3n) is 4.66. The van der Waals surface area contributed by atoms with Crippen LogP contribution in [-0.4, -0.2) is 51.4 Å². The number of hydrogen-bond donors (Lipinski definition) is 2. The zero-order valence-corrected chi connectivity index (χ0v) is 15.1. The quantitative estimate of drug-likeness (QED) is 0.770. The van der Waals surface area contributed by atoms with Crippen molar-refractivity contribution in [2.45, 2.75) is 45.4 Å². The summed E-state index contributed by atoms with van der Waals surface area (Å²) in [5, 5.41) is 5.89. The van der Waals surface area contributed by atoms with Crippen LogP contribution < -0.4 is 10.6 Å². The Labute approximate surface area is 152 Å². The molecule has 1 saturated heterocycles. The Morgan fingerprint density at radius 3 is 2.92 bits per heavy atom. The molecule has 2 amide bonds. The molecule has 0 aliphatic carbocycles. The predicted octanol–water partition coefficient (Wildman–Crippen LogP) is 1.00. The van der Waals surface area contributed by atoms with Gasteiger partial charge in [-0.15, -0.1) is 0 Å². The smallest absolute Gasteiger partial charge is 0.254 e. The number of aryl methyl sites for hydroxylation is 1. The van der Waals surface area contributed by atoms with Gasteiger partial charge in [-0.25, -0.2) is 4.98 Å². The van der Waals surface area contributed by atoms with Crippen LogP contribution in [0, 0.1) is 0 Å². The van der Waals surface area contributed by atoms with E-state index in [2.05, 4.69) is 32.0 Å². The second-order valence-corrected chi connectivity index (χ2v) is 6.39. The van der Waals surface area contributed by atoms with Gasteiger partial charge in [0.1, 0.15) is 12.1 Å². The topological polar surface area (TPSA) is 92.4 Å². The SMILES string of the molecule is CCNC(=O)[C@@H]1C[C@H](NC(=O)c2ccoc2)CN1Cc1nccn1CC. The summed E-state index contributed by atoms with van der Waals surface area (Å²) < 4.78 is 7.02. The zero-order valence-electron chi connectivity index (χ0n) is 15.1.